The Bertz CT molecular complexity index is 1300. The summed E-state index contributed by atoms with van der Waals surface area (Å²) in [5.74, 6) is -0.997. The van der Waals surface area contributed by atoms with Crippen LogP contribution in [0.15, 0.2) is 122 Å². The second-order valence-electron chi connectivity index (χ2n) is 15.9. The van der Waals surface area contributed by atoms with Crippen LogP contribution in [-0.4, -0.2) is 37.2 Å². The Hall–Kier alpha value is -4.19. The van der Waals surface area contributed by atoms with E-state index in [0.717, 1.165) is 154 Å². The number of hydrogen-bond donors (Lipinski definition) is 0. The average Bonchev–Trinajstić information content (AvgIpc) is 3.28. The van der Waals surface area contributed by atoms with E-state index in [4.69, 9.17) is 14.2 Å². The number of esters is 3. The molecule has 0 aliphatic heterocycles. The van der Waals surface area contributed by atoms with Crippen LogP contribution in [0.25, 0.3) is 0 Å². The number of unbranched alkanes of at least 4 members (excludes halogenated alkanes) is 12. The molecule has 0 saturated heterocycles. The minimum Gasteiger partial charge on any atom is -0.462 e. The highest BCUT2D eigenvalue weighted by Gasteiger charge is 2.19. The van der Waals surface area contributed by atoms with Crippen LogP contribution in [0, 0.1) is 0 Å². The molecule has 0 fully saturated rings. The molecule has 0 N–H and O–H groups in total. The maximum absolute atomic E-state index is 12.8. The molecule has 0 aromatic heterocycles. The summed E-state index contributed by atoms with van der Waals surface area (Å²) in [4.78, 5) is 38.0. The first kappa shape index (κ1) is 58.8. The van der Waals surface area contributed by atoms with Crippen molar-refractivity contribution in [2.45, 2.75) is 207 Å². The standard InChI is InChI=1S/C57H90O6/c1-4-7-10-13-16-19-22-25-28-31-34-37-40-43-46-49-55(58)61-52-54(63-57(60)51-48-45-42-39-36-33-30-27-24-21-18-15-12-9-6-3)53-62-56(59)50-47-44-41-38-35-32-29-26-23-20-17-14-11-8-5-2/h7-12,16-21,25-30,36,39,54H,4-6,13-15,22-24,31-35,37-38,40-53H2,1-3H3/b10-7-,11-8-,12-9-,19-16-,20-17-,21-18-,28-25-,29-26-,30-27-,39-36-. The Labute approximate surface area is 386 Å². The maximum Gasteiger partial charge on any atom is 0.306 e. The number of allylic oxidation sites excluding steroid dienone is 20. The van der Waals surface area contributed by atoms with Crippen LogP contribution in [0.5, 0.6) is 0 Å². The van der Waals surface area contributed by atoms with Crippen molar-refractivity contribution in [1.29, 1.82) is 0 Å². The summed E-state index contributed by atoms with van der Waals surface area (Å²) in [6.07, 6.45) is 68.9. The molecule has 0 atom stereocenters. The van der Waals surface area contributed by atoms with Crippen molar-refractivity contribution in [3.05, 3.63) is 122 Å². The van der Waals surface area contributed by atoms with Crippen molar-refractivity contribution < 1.29 is 28.6 Å². The van der Waals surface area contributed by atoms with Crippen LogP contribution in [0.2, 0.25) is 0 Å². The van der Waals surface area contributed by atoms with E-state index in [9.17, 15) is 14.4 Å². The van der Waals surface area contributed by atoms with Crippen molar-refractivity contribution in [1.82, 2.24) is 0 Å². The predicted octanol–water partition coefficient (Wildman–Crippen LogP) is 16.5. The zero-order valence-electron chi connectivity index (χ0n) is 40.3. The molecule has 354 valence electrons. The highest BCUT2D eigenvalue weighted by atomic mass is 16.6. The molecule has 0 aliphatic carbocycles. The van der Waals surface area contributed by atoms with Crippen molar-refractivity contribution in [3.63, 3.8) is 0 Å². The second kappa shape index (κ2) is 50.5. The third-order valence-electron chi connectivity index (χ3n) is 9.94. The van der Waals surface area contributed by atoms with Gasteiger partial charge in [-0.2, -0.15) is 0 Å². The molecule has 0 aliphatic rings. The van der Waals surface area contributed by atoms with Crippen LogP contribution < -0.4 is 0 Å². The molecule has 0 spiro atoms. The van der Waals surface area contributed by atoms with E-state index in [1.165, 1.54) is 0 Å². The molecule has 0 aromatic rings. The third kappa shape index (κ3) is 48.7. The molecule has 0 amide bonds. The third-order valence-corrected chi connectivity index (χ3v) is 9.94. The SMILES string of the molecule is CC/C=C\C/C=C\C/C=C\C/C=C\CCCCC(=O)OC(COC(=O)CCCCCCC/C=C\C/C=C\C/C=C\CC)COC(=O)CCCCCCC/C=C\C/C=C\C/C=C\CC. The number of ether oxygens (including phenoxy) is 3. The normalized spacial score (nSPS) is 12.7. The molecule has 6 nitrogen and oxygen atoms in total. The average molecular weight is 871 g/mol. The Morgan fingerprint density at radius 2 is 0.571 bits per heavy atom. The quantitative estimate of drug-likeness (QED) is 0.0263. The molecule has 0 saturated carbocycles. The first-order valence-corrected chi connectivity index (χ1v) is 25.0. The van der Waals surface area contributed by atoms with E-state index in [-0.39, 0.29) is 37.5 Å². The van der Waals surface area contributed by atoms with Crippen LogP contribution in [-0.2, 0) is 28.6 Å². The first-order chi connectivity index (χ1) is 31.0. The van der Waals surface area contributed by atoms with Gasteiger partial charge in [0.1, 0.15) is 13.2 Å². The van der Waals surface area contributed by atoms with Gasteiger partial charge in [-0.05, 0) is 122 Å². The first-order valence-electron chi connectivity index (χ1n) is 25.0. The number of hydrogen-bond acceptors (Lipinski definition) is 6. The fourth-order valence-corrected chi connectivity index (χ4v) is 6.28. The largest absolute Gasteiger partial charge is 0.462 e. The van der Waals surface area contributed by atoms with Gasteiger partial charge in [-0.25, -0.2) is 0 Å². The highest BCUT2D eigenvalue weighted by molar-refractivity contribution is 5.71. The van der Waals surface area contributed by atoms with Crippen LogP contribution in [0.1, 0.15) is 201 Å². The molecule has 0 aromatic carbocycles. The molecule has 0 bridgehead atoms. The van der Waals surface area contributed by atoms with Gasteiger partial charge in [-0.1, -0.05) is 181 Å². The monoisotopic (exact) mass is 871 g/mol. The molecule has 6 heteroatoms. The fourth-order valence-electron chi connectivity index (χ4n) is 6.28. The van der Waals surface area contributed by atoms with E-state index >= 15 is 0 Å². The van der Waals surface area contributed by atoms with E-state index in [0.29, 0.717) is 19.3 Å². The van der Waals surface area contributed by atoms with Gasteiger partial charge in [-0.15, -0.1) is 0 Å². The smallest absolute Gasteiger partial charge is 0.306 e. The Kier molecular flexibility index (Phi) is 47.1. The highest BCUT2D eigenvalue weighted by Crippen LogP contribution is 2.12. The Morgan fingerprint density at radius 1 is 0.317 bits per heavy atom. The van der Waals surface area contributed by atoms with Crippen LogP contribution in [0.3, 0.4) is 0 Å². The van der Waals surface area contributed by atoms with Gasteiger partial charge in [0, 0.05) is 19.3 Å². The van der Waals surface area contributed by atoms with Gasteiger partial charge in [0.15, 0.2) is 6.10 Å². The summed E-state index contributed by atoms with van der Waals surface area (Å²) in [6.45, 7) is 6.21. The zero-order chi connectivity index (χ0) is 45.8. The lowest BCUT2D eigenvalue weighted by atomic mass is 10.1. The molecule has 63 heavy (non-hydrogen) atoms. The summed E-state index contributed by atoms with van der Waals surface area (Å²) in [5.41, 5.74) is 0. The van der Waals surface area contributed by atoms with E-state index in [1.54, 1.807) is 0 Å². The van der Waals surface area contributed by atoms with Crippen molar-refractivity contribution in [2.75, 3.05) is 13.2 Å². The lowest BCUT2D eigenvalue weighted by Crippen LogP contribution is -2.30. The van der Waals surface area contributed by atoms with E-state index < -0.39 is 6.10 Å². The van der Waals surface area contributed by atoms with Crippen molar-refractivity contribution >= 4 is 17.9 Å². The lowest BCUT2D eigenvalue weighted by Gasteiger charge is -2.18. The van der Waals surface area contributed by atoms with E-state index in [1.807, 2.05) is 0 Å². The predicted molar refractivity (Wildman–Crippen MR) is 269 cm³/mol. The van der Waals surface area contributed by atoms with Gasteiger partial charge in [0.05, 0.1) is 0 Å². The number of carbonyl (C=O) groups is 3. The molecule has 0 heterocycles. The fraction of sp³-hybridized carbons (Fsp3) is 0.596. The van der Waals surface area contributed by atoms with Gasteiger partial charge in [0.2, 0.25) is 0 Å². The number of rotatable bonds is 43. The molecular weight excluding hydrogens is 781 g/mol. The van der Waals surface area contributed by atoms with Crippen LogP contribution in [0.4, 0.5) is 0 Å². The van der Waals surface area contributed by atoms with Gasteiger partial charge in [0.25, 0.3) is 0 Å². The van der Waals surface area contributed by atoms with E-state index in [2.05, 4.69) is 142 Å². The zero-order valence-corrected chi connectivity index (χ0v) is 40.3. The Morgan fingerprint density at radius 3 is 0.921 bits per heavy atom. The van der Waals surface area contributed by atoms with Crippen molar-refractivity contribution in [2.24, 2.45) is 0 Å². The summed E-state index contributed by atoms with van der Waals surface area (Å²) in [7, 11) is 0. The van der Waals surface area contributed by atoms with Crippen LogP contribution >= 0.6 is 0 Å². The Balaban J connectivity index is 4.54. The number of carbonyl (C=O) groups excluding carboxylic acids is 3. The van der Waals surface area contributed by atoms with Crippen molar-refractivity contribution in [3.8, 4) is 0 Å². The summed E-state index contributed by atoms with van der Waals surface area (Å²) in [5, 5.41) is 0. The molecular formula is C57H90O6. The van der Waals surface area contributed by atoms with Gasteiger partial charge < -0.3 is 14.2 Å². The van der Waals surface area contributed by atoms with Gasteiger partial charge >= 0.3 is 17.9 Å². The van der Waals surface area contributed by atoms with Gasteiger partial charge in [-0.3, -0.25) is 14.4 Å². The summed E-state index contributed by atoms with van der Waals surface area (Å²) in [6, 6.07) is 0. The summed E-state index contributed by atoms with van der Waals surface area (Å²) < 4.78 is 16.7. The molecule has 0 unspecified atom stereocenters. The maximum atomic E-state index is 12.8. The summed E-state index contributed by atoms with van der Waals surface area (Å²) >= 11 is 0. The second-order valence-corrected chi connectivity index (χ2v) is 15.9. The minimum absolute atomic E-state index is 0.113. The molecule has 0 radical (unpaired) electrons. The lowest BCUT2D eigenvalue weighted by molar-refractivity contribution is -0.167. The minimum atomic E-state index is -0.817. The molecule has 0 rings (SSSR count). The topological polar surface area (TPSA) is 78.9 Å².